The zero-order chi connectivity index (χ0) is 15.0. The minimum Gasteiger partial charge on any atom is -0.374 e. The third kappa shape index (κ3) is 7.01. The summed E-state index contributed by atoms with van der Waals surface area (Å²) in [5.74, 6) is 0. The average Bonchev–Trinajstić information content (AvgIpc) is 2.41. The lowest BCUT2D eigenvalue weighted by Gasteiger charge is -2.25. The number of hydrogen-bond donors (Lipinski definition) is 1. The lowest BCUT2D eigenvalue weighted by Crippen LogP contribution is -2.38. The van der Waals surface area contributed by atoms with Crippen molar-refractivity contribution in [2.45, 2.75) is 65.5 Å². The van der Waals surface area contributed by atoms with Crippen LogP contribution in [0.15, 0.2) is 18.3 Å². The van der Waals surface area contributed by atoms with Gasteiger partial charge in [0.05, 0.1) is 12.2 Å². The van der Waals surface area contributed by atoms with Crippen LogP contribution in [-0.4, -0.2) is 29.8 Å². The summed E-state index contributed by atoms with van der Waals surface area (Å²) >= 11 is 0. The molecular weight excluding hydrogens is 248 g/mol. The topological polar surface area (TPSA) is 34.1 Å². The molecular formula is C17H30N2O. The summed E-state index contributed by atoms with van der Waals surface area (Å²) in [5, 5.41) is 3.55. The van der Waals surface area contributed by atoms with E-state index >= 15 is 0 Å². The Morgan fingerprint density at radius 1 is 1.25 bits per heavy atom. The minimum absolute atomic E-state index is 0.0916. The number of aromatic nitrogens is 1. The molecule has 0 fully saturated rings. The first-order valence-corrected chi connectivity index (χ1v) is 7.75. The standard InChI is InChI=1S/C17H30N2O/c1-6-10-18-16(13-20-17(3,4)5)11-15-9-8-14(7-2)12-19-15/h8-9,12,16,18H,6-7,10-11,13H2,1-5H3. The fourth-order valence-electron chi connectivity index (χ4n) is 1.93. The van der Waals surface area contributed by atoms with Crippen LogP contribution < -0.4 is 5.32 Å². The summed E-state index contributed by atoms with van der Waals surface area (Å²) in [7, 11) is 0. The number of aryl methyl sites for hydroxylation is 1. The van der Waals surface area contributed by atoms with Crippen LogP contribution in [0.3, 0.4) is 0 Å². The molecule has 0 aromatic carbocycles. The van der Waals surface area contributed by atoms with Crippen molar-refractivity contribution in [3.8, 4) is 0 Å². The number of hydrogen-bond acceptors (Lipinski definition) is 3. The van der Waals surface area contributed by atoms with E-state index in [0.29, 0.717) is 6.04 Å². The number of rotatable bonds is 8. The van der Waals surface area contributed by atoms with Crippen LogP contribution in [0.4, 0.5) is 0 Å². The molecule has 0 saturated heterocycles. The molecule has 1 heterocycles. The van der Waals surface area contributed by atoms with Gasteiger partial charge in [0.1, 0.15) is 0 Å². The Hall–Kier alpha value is -0.930. The lowest BCUT2D eigenvalue weighted by atomic mass is 10.1. The molecule has 1 aromatic heterocycles. The molecule has 0 saturated carbocycles. The van der Waals surface area contributed by atoms with E-state index in [0.717, 1.165) is 38.1 Å². The summed E-state index contributed by atoms with van der Waals surface area (Å²) in [6, 6.07) is 4.63. The monoisotopic (exact) mass is 278 g/mol. The van der Waals surface area contributed by atoms with E-state index in [4.69, 9.17) is 4.74 Å². The minimum atomic E-state index is -0.0916. The van der Waals surface area contributed by atoms with Gasteiger partial charge in [0.2, 0.25) is 0 Å². The molecule has 0 spiro atoms. The van der Waals surface area contributed by atoms with Crippen LogP contribution in [0.5, 0.6) is 0 Å². The number of nitrogens with one attached hydrogen (secondary N) is 1. The summed E-state index contributed by atoms with van der Waals surface area (Å²) in [6.07, 6.45) is 5.07. The van der Waals surface area contributed by atoms with Crippen molar-refractivity contribution in [2.75, 3.05) is 13.2 Å². The predicted octanol–water partition coefficient (Wildman–Crippen LogP) is 3.37. The zero-order valence-corrected chi connectivity index (χ0v) is 13.7. The zero-order valence-electron chi connectivity index (χ0n) is 13.7. The first-order chi connectivity index (χ1) is 9.44. The van der Waals surface area contributed by atoms with Crippen molar-refractivity contribution in [3.05, 3.63) is 29.6 Å². The molecule has 3 heteroatoms. The molecule has 0 amide bonds. The lowest BCUT2D eigenvalue weighted by molar-refractivity contribution is -0.0144. The van der Waals surface area contributed by atoms with Crippen molar-refractivity contribution in [3.63, 3.8) is 0 Å². The van der Waals surface area contributed by atoms with Crippen molar-refractivity contribution < 1.29 is 4.74 Å². The van der Waals surface area contributed by atoms with Crippen molar-refractivity contribution in [1.82, 2.24) is 10.3 Å². The highest BCUT2D eigenvalue weighted by molar-refractivity contribution is 5.14. The van der Waals surface area contributed by atoms with E-state index in [1.54, 1.807) is 0 Å². The summed E-state index contributed by atoms with van der Waals surface area (Å²) in [5.41, 5.74) is 2.33. The van der Waals surface area contributed by atoms with Gasteiger partial charge in [-0.05, 0) is 51.8 Å². The summed E-state index contributed by atoms with van der Waals surface area (Å²) in [4.78, 5) is 4.55. The van der Waals surface area contributed by atoms with Crippen LogP contribution in [0.25, 0.3) is 0 Å². The van der Waals surface area contributed by atoms with Gasteiger partial charge >= 0.3 is 0 Å². The number of pyridine rings is 1. The highest BCUT2D eigenvalue weighted by Crippen LogP contribution is 2.10. The van der Waals surface area contributed by atoms with Crippen LogP contribution >= 0.6 is 0 Å². The highest BCUT2D eigenvalue weighted by Gasteiger charge is 2.16. The maximum absolute atomic E-state index is 5.92. The van der Waals surface area contributed by atoms with E-state index in [2.05, 4.69) is 57.1 Å². The SMILES string of the molecule is CCCNC(COC(C)(C)C)Cc1ccc(CC)cn1. The van der Waals surface area contributed by atoms with Gasteiger partial charge in [0, 0.05) is 24.4 Å². The van der Waals surface area contributed by atoms with Crippen molar-refractivity contribution in [1.29, 1.82) is 0 Å². The maximum Gasteiger partial charge on any atom is 0.0630 e. The molecule has 20 heavy (non-hydrogen) atoms. The Kier molecular flexibility index (Phi) is 7.17. The fraction of sp³-hybridized carbons (Fsp3) is 0.706. The third-order valence-electron chi connectivity index (χ3n) is 3.15. The van der Waals surface area contributed by atoms with Crippen LogP contribution in [0, 0.1) is 0 Å². The first kappa shape index (κ1) is 17.1. The molecule has 1 rings (SSSR count). The van der Waals surface area contributed by atoms with E-state index in [9.17, 15) is 0 Å². The summed E-state index contributed by atoms with van der Waals surface area (Å²) in [6.45, 7) is 12.4. The molecule has 3 nitrogen and oxygen atoms in total. The first-order valence-electron chi connectivity index (χ1n) is 7.75. The van der Waals surface area contributed by atoms with Gasteiger partial charge in [-0.1, -0.05) is 19.9 Å². The quantitative estimate of drug-likeness (QED) is 0.791. The average molecular weight is 278 g/mol. The van der Waals surface area contributed by atoms with Crippen LogP contribution in [-0.2, 0) is 17.6 Å². The number of nitrogens with zero attached hydrogens (tertiary/aromatic N) is 1. The Morgan fingerprint density at radius 2 is 2.00 bits per heavy atom. The Bertz CT molecular complexity index is 368. The van der Waals surface area contributed by atoms with Crippen molar-refractivity contribution in [2.24, 2.45) is 0 Å². The van der Waals surface area contributed by atoms with Gasteiger partial charge in [-0.15, -0.1) is 0 Å². The van der Waals surface area contributed by atoms with E-state index in [1.165, 1.54) is 5.56 Å². The van der Waals surface area contributed by atoms with Gasteiger partial charge in [0.25, 0.3) is 0 Å². The molecule has 0 aliphatic rings. The molecule has 1 unspecified atom stereocenters. The second-order valence-electron chi connectivity index (χ2n) is 6.29. The molecule has 1 aromatic rings. The van der Waals surface area contributed by atoms with Gasteiger partial charge in [0.15, 0.2) is 0 Å². The molecule has 0 aliphatic heterocycles. The van der Waals surface area contributed by atoms with Crippen molar-refractivity contribution >= 4 is 0 Å². The predicted molar refractivity (Wildman–Crippen MR) is 85.1 cm³/mol. The second kappa shape index (κ2) is 8.38. The van der Waals surface area contributed by atoms with Gasteiger partial charge in [-0.25, -0.2) is 0 Å². The molecule has 1 atom stereocenters. The molecule has 0 aliphatic carbocycles. The van der Waals surface area contributed by atoms with Crippen LogP contribution in [0.1, 0.15) is 52.3 Å². The van der Waals surface area contributed by atoms with E-state index in [1.807, 2.05) is 6.20 Å². The Morgan fingerprint density at radius 3 is 2.50 bits per heavy atom. The normalized spacial score (nSPS) is 13.4. The second-order valence-corrected chi connectivity index (χ2v) is 6.29. The number of ether oxygens (including phenoxy) is 1. The maximum atomic E-state index is 5.92. The molecule has 1 N–H and O–H groups in total. The molecule has 0 bridgehead atoms. The Balaban J connectivity index is 2.57. The van der Waals surface area contributed by atoms with Crippen LogP contribution in [0.2, 0.25) is 0 Å². The van der Waals surface area contributed by atoms with Gasteiger partial charge in [-0.3, -0.25) is 4.98 Å². The van der Waals surface area contributed by atoms with E-state index in [-0.39, 0.29) is 5.60 Å². The third-order valence-corrected chi connectivity index (χ3v) is 3.15. The molecule has 114 valence electrons. The Labute approximate surface area is 124 Å². The highest BCUT2D eigenvalue weighted by atomic mass is 16.5. The fourth-order valence-corrected chi connectivity index (χ4v) is 1.93. The van der Waals surface area contributed by atoms with Gasteiger partial charge < -0.3 is 10.1 Å². The van der Waals surface area contributed by atoms with E-state index < -0.39 is 0 Å². The summed E-state index contributed by atoms with van der Waals surface area (Å²) < 4.78 is 5.92. The largest absolute Gasteiger partial charge is 0.374 e. The van der Waals surface area contributed by atoms with Gasteiger partial charge in [-0.2, -0.15) is 0 Å². The molecule has 0 radical (unpaired) electrons. The smallest absolute Gasteiger partial charge is 0.0630 e.